The Balaban J connectivity index is 2.03. The number of benzene rings is 1. The highest BCUT2D eigenvalue weighted by Gasteiger charge is 2.21. The highest BCUT2D eigenvalue weighted by molar-refractivity contribution is 7.51. The molecule has 5 N–H and O–H groups in total. The standard InChI is InChI=1S/C17H20N5O6P/c1-9-6-11-12(7-10(9)2)22(8-13(23)18-4-3-5-29(26,27)28)15-14(19-11)16(24)21-17(25)20-15/h6-7H,3-5,8H2,1-2H3,(H4,18,21,23,24,25,26,27,28)/p+1. The van der Waals surface area contributed by atoms with Gasteiger partial charge >= 0.3 is 18.9 Å². The molecular formula is C17H21N5O6P+. The maximum atomic E-state index is 12.4. The fraction of sp³-hybridized carbons (Fsp3) is 0.353. The molecule has 11 nitrogen and oxygen atoms in total. The van der Waals surface area contributed by atoms with Crippen LogP contribution >= 0.6 is 7.60 Å². The molecule has 0 saturated heterocycles. The Bertz CT molecular complexity index is 1280. The van der Waals surface area contributed by atoms with Crippen LogP contribution in [0.4, 0.5) is 0 Å². The van der Waals surface area contributed by atoms with Gasteiger partial charge in [-0.25, -0.2) is 14.3 Å². The molecule has 1 amide bonds. The Kier molecular flexibility index (Phi) is 5.65. The summed E-state index contributed by atoms with van der Waals surface area (Å²) < 4.78 is 12.4. The van der Waals surface area contributed by atoms with Gasteiger partial charge in [-0.2, -0.15) is 4.98 Å². The Labute approximate surface area is 164 Å². The van der Waals surface area contributed by atoms with Crippen LogP contribution in [-0.2, 0) is 15.9 Å². The van der Waals surface area contributed by atoms with Crippen molar-refractivity contribution in [2.45, 2.75) is 26.8 Å². The van der Waals surface area contributed by atoms with Crippen LogP contribution in [0.25, 0.3) is 22.2 Å². The molecule has 12 heteroatoms. The zero-order valence-corrected chi connectivity index (χ0v) is 16.7. The van der Waals surface area contributed by atoms with E-state index in [4.69, 9.17) is 9.79 Å². The minimum atomic E-state index is -4.12. The van der Waals surface area contributed by atoms with Gasteiger partial charge < -0.3 is 15.1 Å². The quantitative estimate of drug-likeness (QED) is 0.152. The topological polar surface area (TPSA) is 169 Å². The summed E-state index contributed by atoms with van der Waals surface area (Å²) in [6.07, 6.45) is -0.212. The number of H-pyrrole nitrogens is 2. The van der Waals surface area contributed by atoms with Crippen LogP contribution in [0.2, 0.25) is 0 Å². The molecule has 0 atom stereocenters. The summed E-state index contributed by atoms with van der Waals surface area (Å²) in [4.78, 5) is 63.1. The number of fused-ring (bicyclic) bond motifs is 2. The van der Waals surface area contributed by atoms with E-state index in [-0.39, 0.29) is 36.8 Å². The van der Waals surface area contributed by atoms with E-state index >= 15 is 0 Å². The molecule has 3 rings (SSSR count). The van der Waals surface area contributed by atoms with Crippen molar-refractivity contribution in [3.05, 3.63) is 44.1 Å². The number of aryl methyl sites for hydroxylation is 2. The van der Waals surface area contributed by atoms with E-state index in [1.807, 2.05) is 19.9 Å². The summed E-state index contributed by atoms with van der Waals surface area (Å²) in [5.41, 5.74) is 1.68. The number of amides is 1. The van der Waals surface area contributed by atoms with E-state index in [1.165, 1.54) is 4.57 Å². The minimum absolute atomic E-state index is 0.00495. The molecule has 0 unspecified atom stereocenters. The summed E-state index contributed by atoms with van der Waals surface area (Å²) in [6, 6.07) is 3.61. The van der Waals surface area contributed by atoms with Crippen molar-refractivity contribution in [3.8, 4) is 0 Å². The number of nitrogens with one attached hydrogen (secondary N) is 3. The molecule has 1 aromatic carbocycles. The molecule has 0 aliphatic heterocycles. The first-order valence-electron chi connectivity index (χ1n) is 8.83. The third-order valence-electron chi connectivity index (χ3n) is 4.53. The van der Waals surface area contributed by atoms with Gasteiger partial charge in [-0.15, -0.1) is 0 Å². The molecule has 2 heterocycles. The summed E-state index contributed by atoms with van der Waals surface area (Å²) in [5.74, 6) is -0.436. The minimum Gasteiger partial charge on any atom is -0.353 e. The number of aromatic nitrogens is 4. The maximum absolute atomic E-state index is 12.4. The second-order valence-electron chi connectivity index (χ2n) is 6.82. The predicted octanol–water partition coefficient (Wildman–Crippen LogP) is -0.647. The van der Waals surface area contributed by atoms with Gasteiger partial charge in [-0.05, 0) is 43.5 Å². The van der Waals surface area contributed by atoms with Crippen LogP contribution in [0.3, 0.4) is 0 Å². The molecule has 3 aromatic rings. The van der Waals surface area contributed by atoms with E-state index in [0.29, 0.717) is 11.0 Å². The van der Waals surface area contributed by atoms with Crippen molar-refractivity contribution in [3.63, 3.8) is 0 Å². The monoisotopic (exact) mass is 422 g/mol. The molecule has 0 radical (unpaired) electrons. The maximum Gasteiger partial charge on any atom is 0.413 e. The van der Waals surface area contributed by atoms with Crippen molar-refractivity contribution in [2.75, 3.05) is 12.7 Å². The van der Waals surface area contributed by atoms with Gasteiger partial charge in [0.15, 0.2) is 12.1 Å². The smallest absolute Gasteiger partial charge is 0.353 e. The lowest BCUT2D eigenvalue weighted by atomic mass is 10.1. The third kappa shape index (κ3) is 4.76. The van der Waals surface area contributed by atoms with Gasteiger partial charge in [0.05, 0.1) is 6.16 Å². The van der Waals surface area contributed by atoms with Gasteiger partial charge in [0.25, 0.3) is 11.5 Å². The Morgan fingerprint density at radius 3 is 2.59 bits per heavy atom. The number of aromatic amines is 2. The second kappa shape index (κ2) is 7.86. The molecular weight excluding hydrogens is 401 g/mol. The van der Waals surface area contributed by atoms with Crippen molar-refractivity contribution in [2.24, 2.45) is 0 Å². The summed E-state index contributed by atoms with van der Waals surface area (Å²) in [7, 11) is -4.12. The van der Waals surface area contributed by atoms with Crippen LogP contribution in [0.15, 0.2) is 21.7 Å². The molecule has 0 spiro atoms. The highest BCUT2D eigenvalue weighted by atomic mass is 31.2. The van der Waals surface area contributed by atoms with Crippen molar-refractivity contribution < 1.29 is 23.7 Å². The van der Waals surface area contributed by atoms with Crippen LogP contribution < -0.4 is 21.1 Å². The lowest BCUT2D eigenvalue weighted by Crippen LogP contribution is -2.46. The molecule has 0 saturated carbocycles. The highest BCUT2D eigenvalue weighted by Crippen LogP contribution is 2.34. The van der Waals surface area contributed by atoms with Crippen molar-refractivity contribution in [1.29, 1.82) is 0 Å². The zero-order valence-electron chi connectivity index (χ0n) is 15.9. The first-order valence-corrected chi connectivity index (χ1v) is 10.6. The molecule has 29 heavy (non-hydrogen) atoms. The second-order valence-corrected chi connectivity index (χ2v) is 8.60. The van der Waals surface area contributed by atoms with E-state index in [9.17, 15) is 18.9 Å². The number of carbonyl (C=O) groups excluding carboxylic acids is 1. The number of hydrogen-bond acceptors (Lipinski definition) is 5. The average Bonchev–Trinajstić information content (AvgIpc) is 2.60. The van der Waals surface area contributed by atoms with Gasteiger partial charge in [0.2, 0.25) is 5.52 Å². The Hall–Kier alpha value is -2.88. The van der Waals surface area contributed by atoms with E-state index in [1.54, 1.807) is 6.07 Å². The number of rotatable bonds is 6. The lowest BCUT2D eigenvalue weighted by molar-refractivity contribution is -0.634. The summed E-state index contributed by atoms with van der Waals surface area (Å²) in [6.45, 7) is 3.66. The lowest BCUT2D eigenvalue weighted by Gasteiger charge is -2.10. The van der Waals surface area contributed by atoms with Crippen LogP contribution in [0.5, 0.6) is 0 Å². The molecule has 2 aromatic heterocycles. The Morgan fingerprint density at radius 2 is 1.90 bits per heavy atom. The third-order valence-corrected chi connectivity index (χ3v) is 5.43. The zero-order chi connectivity index (χ0) is 21.3. The van der Waals surface area contributed by atoms with Gasteiger partial charge in [0.1, 0.15) is 5.52 Å². The predicted molar refractivity (Wildman–Crippen MR) is 105 cm³/mol. The van der Waals surface area contributed by atoms with Crippen LogP contribution in [-0.4, -0.2) is 43.4 Å². The molecule has 0 aliphatic rings. The van der Waals surface area contributed by atoms with E-state index in [0.717, 1.165) is 11.1 Å². The number of carbonyl (C=O) groups is 1. The Morgan fingerprint density at radius 1 is 1.21 bits per heavy atom. The first-order chi connectivity index (χ1) is 13.5. The van der Waals surface area contributed by atoms with Gasteiger partial charge in [-0.3, -0.25) is 19.1 Å². The largest absolute Gasteiger partial charge is 0.413 e. The first kappa shape index (κ1) is 20.8. The normalized spacial score (nSPS) is 11.9. The summed E-state index contributed by atoms with van der Waals surface area (Å²) >= 11 is 0. The fourth-order valence-electron chi connectivity index (χ4n) is 2.98. The van der Waals surface area contributed by atoms with Crippen molar-refractivity contribution in [1.82, 2.24) is 20.3 Å². The SMILES string of the molecule is Cc1cc2nc3c(=O)[nH]c(=O)[nH]c3[n+](CC(=O)NCCCP(=O)(O)O)c2cc1C. The number of hydrogen-bond donors (Lipinski definition) is 5. The summed E-state index contributed by atoms with van der Waals surface area (Å²) in [5, 5.41) is 2.59. The molecule has 154 valence electrons. The number of nitrogens with zero attached hydrogens (tertiary/aromatic N) is 2. The van der Waals surface area contributed by atoms with E-state index < -0.39 is 24.8 Å². The van der Waals surface area contributed by atoms with Crippen molar-refractivity contribution >= 4 is 35.7 Å². The fourth-order valence-corrected chi connectivity index (χ4v) is 3.55. The van der Waals surface area contributed by atoms with Gasteiger partial charge in [0, 0.05) is 6.54 Å². The molecule has 0 fully saturated rings. The van der Waals surface area contributed by atoms with Crippen LogP contribution in [0, 0.1) is 13.8 Å². The molecule has 0 bridgehead atoms. The van der Waals surface area contributed by atoms with Gasteiger partial charge in [-0.1, -0.05) is 0 Å². The molecule has 0 aliphatic carbocycles. The van der Waals surface area contributed by atoms with E-state index in [2.05, 4.69) is 20.3 Å². The van der Waals surface area contributed by atoms with Crippen LogP contribution in [0.1, 0.15) is 17.5 Å². The average molecular weight is 422 g/mol.